The number of benzene rings is 1. The summed E-state index contributed by atoms with van der Waals surface area (Å²) in [6, 6.07) is 4.21. The number of methoxy groups -OCH3 is 1. The van der Waals surface area contributed by atoms with Gasteiger partial charge in [-0.2, -0.15) is 0 Å². The Kier molecular flexibility index (Phi) is 9.06. The lowest BCUT2D eigenvalue weighted by Crippen LogP contribution is -2.47. The molecule has 0 aromatic heterocycles. The molecule has 10 heteroatoms. The number of hydrogen-bond acceptors (Lipinski definition) is 10. The van der Waals surface area contributed by atoms with Gasteiger partial charge in [0.2, 0.25) is 6.79 Å². The minimum atomic E-state index is -1.53. The smallest absolute Gasteiger partial charge is 0.309 e. The molecule has 246 valence electrons. The van der Waals surface area contributed by atoms with Gasteiger partial charge in [-0.1, -0.05) is 18.2 Å². The van der Waals surface area contributed by atoms with Gasteiger partial charge in [0.25, 0.3) is 0 Å². The number of nitrogens with zero attached hydrogens (tertiary/aromatic N) is 1. The highest BCUT2D eigenvalue weighted by atomic mass is 16.8. The Morgan fingerprint density at radius 1 is 1.16 bits per heavy atom. The Hall–Kier alpha value is -2.89. The molecule has 4 aliphatic heterocycles. The van der Waals surface area contributed by atoms with Crippen molar-refractivity contribution in [2.45, 2.75) is 107 Å². The molecule has 5 aliphatic rings. The van der Waals surface area contributed by atoms with E-state index in [1.807, 2.05) is 19.1 Å². The molecule has 2 N–H and O–H groups in total. The number of allylic oxidation sites excluding steroid dienone is 3. The van der Waals surface area contributed by atoms with E-state index in [0.717, 1.165) is 55.2 Å². The summed E-state index contributed by atoms with van der Waals surface area (Å²) in [5.41, 5.74) is -0.332. The van der Waals surface area contributed by atoms with E-state index in [1.54, 1.807) is 33.1 Å². The molecule has 2 unspecified atom stereocenters. The molecule has 1 aromatic rings. The molecule has 6 atom stereocenters. The van der Waals surface area contributed by atoms with Gasteiger partial charge < -0.3 is 38.6 Å². The summed E-state index contributed by atoms with van der Waals surface area (Å²) in [6.45, 7) is 7.59. The predicted octanol–water partition coefficient (Wildman–Crippen LogP) is 4.28. The minimum absolute atomic E-state index is 0.0796. The zero-order valence-corrected chi connectivity index (χ0v) is 26.8. The van der Waals surface area contributed by atoms with E-state index >= 15 is 0 Å². The molecule has 45 heavy (non-hydrogen) atoms. The van der Waals surface area contributed by atoms with E-state index in [4.69, 9.17) is 28.4 Å². The van der Waals surface area contributed by atoms with Crippen molar-refractivity contribution in [3.05, 3.63) is 59.4 Å². The van der Waals surface area contributed by atoms with Crippen LogP contribution >= 0.6 is 0 Å². The third-order valence-corrected chi connectivity index (χ3v) is 9.85. The molecule has 1 spiro atoms. The Morgan fingerprint density at radius 3 is 2.71 bits per heavy atom. The quantitative estimate of drug-likeness (QED) is 0.187. The normalized spacial score (nSPS) is 30.0. The number of hydrogen-bond donors (Lipinski definition) is 2. The van der Waals surface area contributed by atoms with E-state index in [2.05, 4.69) is 23.1 Å². The Bertz CT molecular complexity index is 1350. The summed E-state index contributed by atoms with van der Waals surface area (Å²) in [5.74, 6) is 1.65. The maximum atomic E-state index is 12.9. The van der Waals surface area contributed by atoms with E-state index in [0.29, 0.717) is 12.8 Å². The third kappa shape index (κ3) is 6.53. The van der Waals surface area contributed by atoms with E-state index in [-0.39, 0.29) is 37.7 Å². The fourth-order valence-electron chi connectivity index (χ4n) is 7.69. The Balaban J connectivity index is 1.23. The molecular weight excluding hydrogens is 578 g/mol. The van der Waals surface area contributed by atoms with Crippen molar-refractivity contribution in [3.8, 4) is 11.5 Å². The van der Waals surface area contributed by atoms with Crippen LogP contribution in [-0.4, -0.2) is 89.9 Å². The monoisotopic (exact) mass is 625 g/mol. The van der Waals surface area contributed by atoms with Crippen LogP contribution in [0.1, 0.15) is 76.3 Å². The highest BCUT2D eigenvalue weighted by Gasteiger charge is 2.62. The van der Waals surface area contributed by atoms with Crippen molar-refractivity contribution in [2.24, 2.45) is 0 Å². The number of aliphatic hydroxyl groups is 2. The maximum Gasteiger partial charge on any atom is 0.309 e. The number of epoxide rings is 1. The second kappa shape index (κ2) is 12.7. The van der Waals surface area contributed by atoms with Crippen molar-refractivity contribution in [1.82, 2.24) is 4.90 Å². The van der Waals surface area contributed by atoms with Crippen LogP contribution in [0.5, 0.6) is 11.5 Å². The highest BCUT2D eigenvalue weighted by molar-refractivity contribution is 5.71. The van der Waals surface area contributed by atoms with Crippen molar-refractivity contribution < 1.29 is 43.4 Å². The first-order valence-corrected chi connectivity index (χ1v) is 16.2. The molecule has 4 heterocycles. The lowest BCUT2D eigenvalue weighted by atomic mass is 9.77. The highest BCUT2D eigenvalue weighted by Crippen LogP contribution is 2.56. The number of rotatable bonds is 13. The van der Waals surface area contributed by atoms with Crippen LogP contribution < -0.4 is 9.47 Å². The lowest BCUT2D eigenvalue weighted by molar-refractivity contribution is -0.149. The Labute approximate surface area is 265 Å². The van der Waals surface area contributed by atoms with Gasteiger partial charge in [-0.15, -0.1) is 0 Å². The van der Waals surface area contributed by atoms with Gasteiger partial charge in [0.15, 0.2) is 17.8 Å². The number of esters is 1. The van der Waals surface area contributed by atoms with E-state index in [9.17, 15) is 15.0 Å². The van der Waals surface area contributed by atoms with Gasteiger partial charge in [-0.3, -0.25) is 9.69 Å². The average molecular weight is 626 g/mol. The summed E-state index contributed by atoms with van der Waals surface area (Å²) in [5, 5.41) is 22.2. The van der Waals surface area contributed by atoms with Gasteiger partial charge in [0.1, 0.15) is 30.2 Å². The average Bonchev–Trinajstić information content (AvgIpc) is 3.32. The van der Waals surface area contributed by atoms with Crippen LogP contribution in [0, 0.1) is 0 Å². The topological polar surface area (TPSA) is 119 Å². The van der Waals surface area contributed by atoms with Crippen molar-refractivity contribution in [1.29, 1.82) is 0 Å². The maximum absolute atomic E-state index is 12.9. The molecule has 6 rings (SSSR count). The second-order valence-electron chi connectivity index (χ2n) is 13.5. The van der Waals surface area contributed by atoms with Crippen LogP contribution in [-0.2, 0) is 30.2 Å². The summed E-state index contributed by atoms with van der Waals surface area (Å²) in [6.07, 6.45) is 11.5. The fraction of sp³-hybridized carbons (Fsp3) is 0.629. The lowest BCUT2D eigenvalue weighted by Gasteiger charge is -2.39. The number of carbonyl (C=O) groups excluding carboxylic acids is 1. The molecule has 10 nitrogen and oxygen atoms in total. The first kappa shape index (κ1) is 32.1. The summed E-state index contributed by atoms with van der Waals surface area (Å²) in [7, 11) is 1.67. The standard InChI is InChI=1S/C35H47NO9/c1-5-6-7-8-17-41-28(37)21-35(39,14-9-12-33(2,3)38)31-32(45-31)44-30-27(40-4)20-34-13-10-15-36(34)16-11-23-18-25-26(43-22-42-25)19-24(23)29(30)34/h5-8,18-20,29-32,38-39H,9-17,21-22H2,1-4H3/b6-5+,8-7+/t29-,30-,31?,32?,34+,35-/m1/s1. The van der Waals surface area contributed by atoms with Crippen LogP contribution in [0.2, 0.25) is 0 Å². The van der Waals surface area contributed by atoms with Crippen molar-refractivity contribution in [3.63, 3.8) is 0 Å². The van der Waals surface area contributed by atoms with Crippen LogP contribution in [0.3, 0.4) is 0 Å². The van der Waals surface area contributed by atoms with Gasteiger partial charge >= 0.3 is 5.97 Å². The van der Waals surface area contributed by atoms with Crippen LogP contribution in [0.15, 0.2) is 48.3 Å². The molecule has 1 aromatic carbocycles. The largest absolute Gasteiger partial charge is 0.499 e. The predicted molar refractivity (Wildman–Crippen MR) is 166 cm³/mol. The van der Waals surface area contributed by atoms with Crippen molar-refractivity contribution >= 4 is 5.97 Å². The zero-order chi connectivity index (χ0) is 31.8. The number of ether oxygens (including phenoxy) is 6. The molecular formula is C35H47NO9. The number of carbonyl (C=O) groups is 1. The third-order valence-electron chi connectivity index (χ3n) is 9.85. The van der Waals surface area contributed by atoms with Gasteiger partial charge in [0.05, 0.1) is 24.7 Å². The molecule has 0 amide bonds. The molecule has 0 radical (unpaired) electrons. The van der Waals surface area contributed by atoms with Crippen LogP contribution in [0.4, 0.5) is 0 Å². The van der Waals surface area contributed by atoms with Crippen LogP contribution in [0.25, 0.3) is 0 Å². The molecule has 0 saturated carbocycles. The second-order valence-corrected chi connectivity index (χ2v) is 13.5. The Morgan fingerprint density at radius 2 is 1.96 bits per heavy atom. The van der Waals surface area contributed by atoms with Gasteiger partial charge in [0, 0.05) is 12.5 Å². The fourth-order valence-corrected chi connectivity index (χ4v) is 7.69. The minimum Gasteiger partial charge on any atom is -0.499 e. The SMILES string of the molecule is C/C=C/C=C/COC(=O)C[C@](O)(CCCC(C)(C)O)C1OC1O[C@@H]1C(OC)=C[C@]23CCCN2CCc2cc4c(cc2[C@H]13)OCO4. The molecule has 2 fully saturated rings. The van der Waals surface area contributed by atoms with Gasteiger partial charge in [-0.25, -0.2) is 0 Å². The number of fused-ring (bicyclic) bond motifs is 3. The summed E-state index contributed by atoms with van der Waals surface area (Å²) < 4.78 is 35.7. The van der Waals surface area contributed by atoms with Gasteiger partial charge in [-0.05, 0) is 101 Å². The molecule has 2 saturated heterocycles. The summed E-state index contributed by atoms with van der Waals surface area (Å²) >= 11 is 0. The molecule has 0 bridgehead atoms. The van der Waals surface area contributed by atoms with E-state index in [1.165, 1.54) is 5.56 Å². The summed E-state index contributed by atoms with van der Waals surface area (Å²) in [4.78, 5) is 15.4. The molecule has 1 aliphatic carbocycles. The first-order chi connectivity index (χ1) is 21.6. The first-order valence-electron chi connectivity index (χ1n) is 16.2. The van der Waals surface area contributed by atoms with Crippen molar-refractivity contribution in [2.75, 3.05) is 33.6 Å². The van der Waals surface area contributed by atoms with E-state index < -0.39 is 35.7 Å². The zero-order valence-electron chi connectivity index (χ0n) is 26.8.